The molecule has 0 spiro atoms. The molecule has 104 valence electrons. The van der Waals surface area contributed by atoms with E-state index in [4.69, 9.17) is 4.42 Å². The van der Waals surface area contributed by atoms with Gasteiger partial charge in [-0.2, -0.15) is 0 Å². The number of furan rings is 1. The molecule has 3 rings (SSSR count). The third-order valence-corrected chi connectivity index (χ3v) is 6.37. The fourth-order valence-corrected chi connectivity index (χ4v) is 4.57. The maximum absolute atomic E-state index is 11.2. The molecule has 0 saturated carbocycles. The van der Waals surface area contributed by atoms with Gasteiger partial charge >= 0.3 is 126 Å². The van der Waals surface area contributed by atoms with Gasteiger partial charge in [0.05, 0.1) is 0 Å². The van der Waals surface area contributed by atoms with Gasteiger partial charge in [-0.1, -0.05) is 0 Å². The van der Waals surface area contributed by atoms with Crippen LogP contribution in [0.25, 0.3) is 21.9 Å². The standard InChI is InChI=1S/C15H13INO3/c1-2-7-16-12-8-11-10-5-3-4-6-14(10)20-15(11)9-13(12)17(18)19/h3-6,8-9H,2,7H2,1H3/q-1. The first-order valence-electron chi connectivity index (χ1n) is 6.39. The maximum atomic E-state index is 11.2. The van der Waals surface area contributed by atoms with E-state index in [0.717, 1.165) is 30.8 Å². The van der Waals surface area contributed by atoms with E-state index in [1.165, 1.54) is 0 Å². The summed E-state index contributed by atoms with van der Waals surface area (Å²) in [5, 5.41) is 13.2. The Bertz CT molecular complexity index is 794. The number of nitro groups is 1. The molecule has 0 aliphatic heterocycles. The zero-order valence-corrected chi connectivity index (χ0v) is 13.1. The second-order valence-corrected chi connectivity index (χ2v) is 7.48. The molecule has 1 heterocycles. The van der Waals surface area contributed by atoms with E-state index >= 15 is 0 Å². The third-order valence-electron chi connectivity index (χ3n) is 3.07. The molecular weight excluding hydrogens is 369 g/mol. The summed E-state index contributed by atoms with van der Waals surface area (Å²) in [4.78, 5) is 10.9. The monoisotopic (exact) mass is 382 g/mol. The predicted molar refractivity (Wildman–Crippen MR) is 74.2 cm³/mol. The van der Waals surface area contributed by atoms with Crippen LogP contribution in [0.15, 0.2) is 40.8 Å². The Kier molecular flexibility index (Phi) is 3.60. The van der Waals surface area contributed by atoms with Crippen LogP contribution < -0.4 is 21.2 Å². The average molecular weight is 382 g/mol. The van der Waals surface area contributed by atoms with Crippen LogP contribution in [-0.2, 0) is 0 Å². The summed E-state index contributed by atoms with van der Waals surface area (Å²) in [5.41, 5.74) is 1.59. The van der Waals surface area contributed by atoms with Crippen molar-refractivity contribution < 1.29 is 30.5 Å². The SMILES string of the molecule is CCC[I-]c1cc2c(cc1[N+](=O)[O-])oc1ccccc12. The van der Waals surface area contributed by atoms with Crippen molar-refractivity contribution in [1.29, 1.82) is 0 Å². The van der Waals surface area contributed by atoms with Crippen molar-refractivity contribution >= 4 is 27.6 Å². The summed E-state index contributed by atoms with van der Waals surface area (Å²) in [7, 11) is 0. The molecule has 3 aromatic rings. The molecule has 4 nitrogen and oxygen atoms in total. The van der Waals surface area contributed by atoms with E-state index in [2.05, 4.69) is 6.92 Å². The molecule has 0 aliphatic rings. The number of hydrogen-bond donors (Lipinski definition) is 0. The molecule has 0 N–H and O–H groups in total. The summed E-state index contributed by atoms with van der Waals surface area (Å²) in [6, 6.07) is 11.3. The van der Waals surface area contributed by atoms with Crippen LogP contribution in [0.2, 0.25) is 0 Å². The number of benzene rings is 2. The van der Waals surface area contributed by atoms with Crippen LogP contribution >= 0.6 is 0 Å². The van der Waals surface area contributed by atoms with Gasteiger partial charge in [0.1, 0.15) is 0 Å². The molecule has 0 amide bonds. The molecule has 5 heteroatoms. The predicted octanol–water partition coefficient (Wildman–Crippen LogP) is 1.16. The van der Waals surface area contributed by atoms with Gasteiger partial charge in [-0.05, 0) is 0 Å². The first-order chi connectivity index (χ1) is 9.70. The van der Waals surface area contributed by atoms with Crippen LogP contribution in [-0.4, -0.2) is 9.35 Å². The molecule has 0 bridgehead atoms. The van der Waals surface area contributed by atoms with E-state index in [-0.39, 0.29) is 31.8 Å². The summed E-state index contributed by atoms with van der Waals surface area (Å²) in [6.07, 6.45) is 1.06. The molecule has 1 aromatic heterocycles. The second kappa shape index (κ2) is 5.40. The number of fused-ring (bicyclic) bond motifs is 3. The fourth-order valence-electron chi connectivity index (χ4n) is 2.18. The number of para-hydroxylation sites is 1. The average Bonchev–Trinajstić information content (AvgIpc) is 2.81. The zero-order chi connectivity index (χ0) is 14.1. The van der Waals surface area contributed by atoms with E-state index in [1.807, 2.05) is 30.3 Å². The molecule has 2 aromatic carbocycles. The quantitative estimate of drug-likeness (QED) is 0.295. The number of halogens is 1. The Morgan fingerprint density at radius 2 is 2.00 bits per heavy atom. The number of alkyl halides is 1. The van der Waals surface area contributed by atoms with Gasteiger partial charge in [0.15, 0.2) is 0 Å². The molecule has 0 atom stereocenters. The molecule has 20 heavy (non-hydrogen) atoms. The Hall–Kier alpha value is -1.63. The third kappa shape index (κ3) is 2.26. The van der Waals surface area contributed by atoms with Crippen molar-refractivity contribution in [2.24, 2.45) is 0 Å². The van der Waals surface area contributed by atoms with Crippen LogP contribution in [0.4, 0.5) is 5.69 Å². The topological polar surface area (TPSA) is 56.3 Å². The fraction of sp³-hybridized carbons (Fsp3) is 0.200. The molecule has 0 saturated heterocycles. The zero-order valence-electron chi connectivity index (χ0n) is 10.9. The van der Waals surface area contributed by atoms with Crippen LogP contribution in [0, 0.1) is 13.7 Å². The van der Waals surface area contributed by atoms with Crippen molar-refractivity contribution in [3.63, 3.8) is 0 Å². The van der Waals surface area contributed by atoms with Crippen LogP contribution in [0.5, 0.6) is 0 Å². The van der Waals surface area contributed by atoms with Crippen molar-refractivity contribution in [3.8, 4) is 0 Å². The van der Waals surface area contributed by atoms with Gasteiger partial charge in [-0.25, -0.2) is 0 Å². The van der Waals surface area contributed by atoms with Gasteiger partial charge in [0.25, 0.3) is 0 Å². The normalized spacial score (nSPS) is 11.4. The molecule has 0 unspecified atom stereocenters. The van der Waals surface area contributed by atoms with Crippen molar-refractivity contribution in [2.45, 2.75) is 13.3 Å². The molecule has 0 aliphatic carbocycles. The number of nitro benzene ring substituents is 1. The Morgan fingerprint density at radius 3 is 2.75 bits per heavy atom. The second-order valence-electron chi connectivity index (χ2n) is 4.48. The van der Waals surface area contributed by atoms with Crippen molar-refractivity contribution in [2.75, 3.05) is 4.43 Å². The Balaban J connectivity index is 2.26. The van der Waals surface area contributed by atoms with E-state index in [1.54, 1.807) is 6.07 Å². The number of hydrogen-bond acceptors (Lipinski definition) is 3. The number of nitrogens with zero attached hydrogens (tertiary/aromatic N) is 1. The van der Waals surface area contributed by atoms with Crippen molar-refractivity contribution in [3.05, 3.63) is 50.1 Å². The van der Waals surface area contributed by atoms with Gasteiger partial charge in [-0.3, -0.25) is 0 Å². The molecular formula is C15H13INO3-. The van der Waals surface area contributed by atoms with E-state index in [0.29, 0.717) is 5.58 Å². The van der Waals surface area contributed by atoms with Crippen molar-refractivity contribution in [1.82, 2.24) is 0 Å². The van der Waals surface area contributed by atoms with E-state index in [9.17, 15) is 10.1 Å². The minimum absolute atomic E-state index is 0.206. The van der Waals surface area contributed by atoms with E-state index < -0.39 is 0 Å². The Morgan fingerprint density at radius 1 is 1.20 bits per heavy atom. The summed E-state index contributed by atoms with van der Waals surface area (Å²) in [5.74, 6) is 0. The van der Waals surface area contributed by atoms with Crippen LogP contribution in [0.3, 0.4) is 0 Å². The summed E-state index contributed by atoms with van der Waals surface area (Å²) >= 11 is -0.324. The summed E-state index contributed by atoms with van der Waals surface area (Å²) in [6.45, 7) is 2.11. The van der Waals surface area contributed by atoms with Crippen LogP contribution in [0.1, 0.15) is 13.3 Å². The minimum atomic E-state index is -0.324. The van der Waals surface area contributed by atoms with Gasteiger partial charge < -0.3 is 0 Å². The van der Waals surface area contributed by atoms with Gasteiger partial charge in [-0.15, -0.1) is 0 Å². The first kappa shape index (κ1) is 13.4. The first-order valence-corrected chi connectivity index (χ1v) is 9.00. The Labute approximate surface area is 126 Å². The molecule has 0 radical (unpaired) electrons. The van der Waals surface area contributed by atoms with Gasteiger partial charge in [0.2, 0.25) is 0 Å². The molecule has 0 fully saturated rings. The van der Waals surface area contributed by atoms with Gasteiger partial charge in [0, 0.05) is 0 Å². The summed E-state index contributed by atoms with van der Waals surface area (Å²) < 4.78 is 7.66. The number of rotatable bonds is 4.